The van der Waals surface area contributed by atoms with E-state index in [1.807, 2.05) is 0 Å². The van der Waals surface area contributed by atoms with Crippen molar-refractivity contribution in [3.8, 4) is 0 Å². The first kappa shape index (κ1) is 14.3. The van der Waals surface area contributed by atoms with Crippen molar-refractivity contribution in [1.29, 1.82) is 0 Å². The molecule has 3 N–H and O–H groups in total. The molecule has 0 heterocycles. The molecule has 3 unspecified atom stereocenters. The Bertz CT molecular complexity index is 253. The molecular weight excluding hydrogens is 230 g/mol. The second-order valence-electron chi connectivity index (χ2n) is 5.77. The highest BCUT2D eigenvalue weighted by Gasteiger charge is 2.55. The van der Waals surface area contributed by atoms with Gasteiger partial charge < -0.3 is 20.3 Å². The van der Waals surface area contributed by atoms with E-state index in [4.69, 9.17) is 9.84 Å². The minimum absolute atomic E-state index is 0.165. The Morgan fingerprint density at radius 3 is 2.67 bits per heavy atom. The topological polar surface area (TPSA) is 61.7 Å². The van der Waals surface area contributed by atoms with Gasteiger partial charge in [0, 0.05) is 24.6 Å². The fraction of sp³-hybridized carbons (Fsp3) is 1.00. The summed E-state index contributed by atoms with van der Waals surface area (Å²) in [6.45, 7) is 3.18. The van der Waals surface area contributed by atoms with Crippen molar-refractivity contribution in [2.24, 2.45) is 5.41 Å². The molecule has 18 heavy (non-hydrogen) atoms. The molecule has 0 radical (unpaired) electrons. The summed E-state index contributed by atoms with van der Waals surface area (Å²) in [7, 11) is 0. The van der Waals surface area contributed by atoms with E-state index >= 15 is 0 Å². The van der Waals surface area contributed by atoms with Gasteiger partial charge in [0.2, 0.25) is 0 Å². The summed E-state index contributed by atoms with van der Waals surface area (Å²) < 4.78 is 5.88. The number of aliphatic hydroxyl groups excluding tert-OH is 2. The highest BCUT2D eigenvalue weighted by atomic mass is 16.5. The van der Waals surface area contributed by atoms with Crippen LogP contribution in [0, 0.1) is 5.41 Å². The molecule has 0 aliphatic heterocycles. The lowest BCUT2D eigenvalue weighted by Gasteiger charge is -2.58. The molecular formula is C14H27NO3. The molecule has 106 valence electrons. The Morgan fingerprint density at radius 2 is 2.06 bits per heavy atom. The van der Waals surface area contributed by atoms with E-state index in [9.17, 15) is 5.11 Å². The Balaban J connectivity index is 1.90. The van der Waals surface area contributed by atoms with Crippen LogP contribution in [0.4, 0.5) is 0 Å². The molecule has 2 rings (SSSR count). The van der Waals surface area contributed by atoms with Gasteiger partial charge in [-0.15, -0.1) is 0 Å². The fourth-order valence-corrected chi connectivity index (χ4v) is 3.69. The van der Waals surface area contributed by atoms with Crippen LogP contribution in [-0.2, 0) is 4.74 Å². The number of nitrogens with one attached hydrogen (secondary N) is 1. The van der Waals surface area contributed by atoms with Crippen LogP contribution in [0.5, 0.6) is 0 Å². The van der Waals surface area contributed by atoms with E-state index in [1.165, 1.54) is 32.1 Å². The Kier molecular flexibility index (Phi) is 5.01. The minimum Gasteiger partial charge on any atom is -0.394 e. The van der Waals surface area contributed by atoms with E-state index < -0.39 is 6.10 Å². The van der Waals surface area contributed by atoms with Crippen LogP contribution in [-0.4, -0.2) is 48.2 Å². The number of hydrogen-bond donors (Lipinski definition) is 3. The summed E-state index contributed by atoms with van der Waals surface area (Å²) in [5.41, 5.74) is 0.295. The summed E-state index contributed by atoms with van der Waals surface area (Å²) in [6.07, 6.45) is 7.21. The first-order chi connectivity index (χ1) is 8.73. The maximum absolute atomic E-state index is 9.44. The third-order valence-corrected chi connectivity index (χ3v) is 4.75. The molecule has 3 atom stereocenters. The van der Waals surface area contributed by atoms with E-state index in [0.717, 1.165) is 13.0 Å². The Labute approximate surface area is 110 Å². The molecule has 2 aliphatic rings. The third kappa shape index (κ3) is 2.72. The lowest BCUT2D eigenvalue weighted by molar-refractivity contribution is -0.151. The quantitative estimate of drug-likeness (QED) is 0.666. The van der Waals surface area contributed by atoms with Gasteiger partial charge in [-0.05, 0) is 26.2 Å². The normalized spacial score (nSPS) is 32.2. The van der Waals surface area contributed by atoms with Gasteiger partial charge >= 0.3 is 0 Å². The molecule has 0 bridgehead atoms. The average molecular weight is 257 g/mol. The second kappa shape index (κ2) is 6.33. The van der Waals surface area contributed by atoms with Gasteiger partial charge in [-0.2, -0.15) is 0 Å². The SMILES string of the molecule is CCOC1CC(NCC(O)CO)C12CCCCC2. The van der Waals surface area contributed by atoms with Crippen molar-refractivity contribution < 1.29 is 14.9 Å². The summed E-state index contributed by atoms with van der Waals surface area (Å²) in [5.74, 6) is 0. The molecule has 2 aliphatic carbocycles. The maximum Gasteiger partial charge on any atom is 0.0895 e. The summed E-state index contributed by atoms with van der Waals surface area (Å²) >= 11 is 0. The van der Waals surface area contributed by atoms with E-state index in [2.05, 4.69) is 12.2 Å². The summed E-state index contributed by atoms with van der Waals surface area (Å²) in [5, 5.41) is 21.7. The first-order valence-corrected chi connectivity index (χ1v) is 7.37. The van der Waals surface area contributed by atoms with Crippen LogP contribution in [0.2, 0.25) is 0 Å². The monoisotopic (exact) mass is 257 g/mol. The van der Waals surface area contributed by atoms with Gasteiger partial charge in [0.25, 0.3) is 0 Å². The zero-order valence-electron chi connectivity index (χ0n) is 11.4. The molecule has 0 amide bonds. The predicted molar refractivity (Wildman–Crippen MR) is 70.4 cm³/mol. The van der Waals surface area contributed by atoms with Crippen molar-refractivity contribution in [2.75, 3.05) is 19.8 Å². The van der Waals surface area contributed by atoms with Crippen molar-refractivity contribution in [2.45, 2.75) is 63.7 Å². The third-order valence-electron chi connectivity index (χ3n) is 4.75. The number of ether oxygens (including phenoxy) is 1. The van der Waals surface area contributed by atoms with E-state index in [1.54, 1.807) is 0 Å². The second-order valence-corrected chi connectivity index (χ2v) is 5.77. The molecule has 4 heteroatoms. The molecule has 2 fully saturated rings. The smallest absolute Gasteiger partial charge is 0.0895 e. The molecule has 0 saturated heterocycles. The number of hydrogen-bond acceptors (Lipinski definition) is 4. The van der Waals surface area contributed by atoms with Crippen LogP contribution < -0.4 is 5.32 Å². The van der Waals surface area contributed by atoms with Crippen molar-refractivity contribution in [3.63, 3.8) is 0 Å². The maximum atomic E-state index is 9.44. The zero-order chi connectivity index (χ0) is 13.0. The lowest BCUT2D eigenvalue weighted by atomic mass is 9.55. The van der Waals surface area contributed by atoms with Crippen LogP contribution in [0.3, 0.4) is 0 Å². The van der Waals surface area contributed by atoms with E-state index in [0.29, 0.717) is 24.1 Å². The molecule has 1 spiro atoms. The summed E-state index contributed by atoms with van der Waals surface area (Å²) in [4.78, 5) is 0. The van der Waals surface area contributed by atoms with Crippen LogP contribution >= 0.6 is 0 Å². The molecule has 2 saturated carbocycles. The lowest BCUT2D eigenvalue weighted by Crippen LogP contribution is -2.65. The number of rotatable bonds is 6. The fourth-order valence-electron chi connectivity index (χ4n) is 3.69. The zero-order valence-corrected chi connectivity index (χ0v) is 11.4. The molecule has 0 aromatic carbocycles. The van der Waals surface area contributed by atoms with Gasteiger partial charge in [-0.25, -0.2) is 0 Å². The van der Waals surface area contributed by atoms with Crippen LogP contribution in [0.1, 0.15) is 45.4 Å². The van der Waals surface area contributed by atoms with Crippen molar-refractivity contribution in [1.82, 2.24) is 5.32 Å². The van der Waals surface area contributed by atoms with Crippen molar-refractivity contribution in [3.05, 3.63) is 0 Å². The standard InChI is InChI=1S/C14H27NO3/c1-2-18-13-8-12(15-9-11(17)10-16)14(13)6-4-3-5-7-14/h11-13,15-17H,2-10H2,1H3. The molecule has 4 nitrogen and oxygen atoms in total. The summed E-state index contributed by atoms with van der Waals surface area (Å²) in [6, 6.07) is 0.454. The van der Waals surface area contributed by atoms with Crippen molar-refractivity contribution >= 4 is 0 Å². The highest BCUT2D eigenvalue weighted by Crippen LogP contribution is 2.53. The predicted octanol–water partition coefficient (Wildman–Crippen LogP) is 1.06. The highest BCUT2D eigenvalue weighted by molar-refractivity contribution is 5.09. The Morgan fingerprint density at radius 1 is 1.33 bits per heavy atom. The van der Waals surface area contributed by atoms with Crippen LogP contribution in [0.25, 0.3) is 0 Å². The molecule has 0 aromatic heterocycles. The average Bonchev–Trinajstić information content (AvgIpc) is 2.42. The van der Waals surface area contributed by atoms with Gasteiger partial charge in [0.1, 0.15) is 0 Å². The van der Waals surface area contributed by atoms with E-state index in [-0.39, 0.29) is 6.61 Å². The first-order valence-electron chi connectivity index (χ1n) is 7.37. The van der Waals surface area contributed by atoms with Crippen LogP contribution in [0.15, 0.2) is 0 Å². The molecule has 0 aromatic rings. The Hall–Kier alpha value is -0.160. The van der Waals surface area contributed by atoms with Gasteiger partial charge in [-0.1, -0.05) is 19.3 Å². The number of aliphatic hydroxyl groups is 2. The minimum atomic E-state index is -0.642. The van der Waals surface area contributed by atoms with Gasteiger partial charge in [-0.3, -0.25) is 0 Å². The largest absolute Gasteiger partial charge is 0.394 e. The van der Waals surface area contributed by atoms with Gasteiger partial charge in [0.15, 0.2) is 0 Å². The van der Waals surface area contributed by atoms with Gasteiger partial charge in [0.05, 0.1) is 18.8 Å².